The molecule has 1 aliphatic rings. The Bertz CT molecular complexity index is 388. The van der Waals surface area contributed by atoms with Crippen LogP contribution < -0.4 is 0 Å². The van der Waals surface area contributed by atoms with Gasteiger partial charge < -0.3 is 19.3 Å². The van der Waals surface area contributed by atoms with E-state index in [1.165, 1.54) is 17.5 Å². The van der Waals surface area contributed by atoms with Crippen LogP contribution in [0.1, 0.15) is 29.2 Å². The molecule has 1 aromatic rings. The molecular formula is C10H13NO5S. The topological polar surface area (TPSA) is 77.9 Å². The van der Waals surface area contributed by atoms with Gasteiger partial charge in [0.2, 0.25) is 6.29 Å². The summed E-state index contributed by atoms with van der Waals surface area (Å²) < 4.78 is 15.3. The maximum absolute atomic E-state index is 11.3. The number of nitrogens with zero attached hydrogens (tertiary/aromatic N) is 1. The fourth-order valence-electron chi connectivity index (χ4n) is 1.37. The van der Waals surface area contributed by atoms with E-state index >= 15 is 0 Å². The van der Waals surface area contributed by atoms with Crippen LogP contribution in [0, 0.1) is 0 Å². The first-order chi connectivity index (χ1) is 8.22. The predicted octanol–water partition coefficient (Wildman–Crippen LogP) is 0.785. The van der Waals surface area contributed by atoms with Gasteiger partial charge in [-0.3, -0.25) is 0 Å². The van der Waals surface area contributed by atoms with E-state index in [1.54, 1.807) is 6.92 Å². The number of esters is 1. The molecule has 1 unspecified atom stereocenters. The van der Waals surface area contributed by atoms with Crippen molar-refractivity contribution in [2.45, 2.75) is 19.3 Å². The molecule has 1 N–H and O–H groups in total. The van der Waals surface area contributed by atoms with Gasteiger partial charge in [-0.2, -0.15) is 0 Å². The van der Waals surface area contributed by atoms with Crippen molar-refractivity contribution in [2.24, 2.45) is 0 Å². The van der Waals surface area contributed by atoms with E-state index in [0.29, 0.717) is 23.1 Å². The number of rotatable bonds is 4. The van der Waals surface area contributed by atoms with Crippen molar-refractivity contribution >= 4 is 17.3 Å². The SMILES string of the molecule is CCOC(=O)C(O)c1cnc(C2OCCO2)s1. The molecule has 94 valence electrons. The molecule has 1 fully saturated rings. The molecule has 1 aromatic heterocycles. The Morgan fingerprint density at radius 1 is 1.71 bits per heavy atom. The lowest BCUT2D eigenvalue weighted by Crippen LogP contribution is -2.14. The summed E-state index contributed by atoms with van der Waals surface area (Å²) in [6.45, 7) is 2.97. The minimum absolute atomic E-state index is 0.233. The molecule has 0 saturated carbocycles. The predicted molar refractivity (Wildman–Crippen MR) is 58.4 cm³/mol. The molecule has 2 rings (SSSR count). The Labute approximate surface area is 102 Å². The van der Waals surface area contributed by atoms with Crippen LogP contribution >= 0.6 is 11.3 Å². The molecular weight excluding hydrogens is 246 g/mol. The molecule has 1 atom stereocenters. The maximum atomic E-state index is 11.3. The molecule has 1 aliphatic heterocycles. The molecule has 6 nitrogen and oxygen atoms in total. The van der Waals surface area contributed by atoms with Crippen LogP contribution in [-0.2, 0) is 19.0 Å². The molecule has 2 heterocycles. The van der Waals surface area contributed by atoms with Crippen molar-refractivity contribution in [3.05, 3.63) is 16.1 Å². The van der Waals surface area contributed by atoms with Crippen LogP contribution in [0.5, 0.6) is 0 Å². The second kappa shape index (κ2) is 5.54. The highest BCUT2D eigenvalue weighted by Gasteiger charge is 2.26. The van der Waals surface area contributed by atoms with Crippen LogP contribution in [0.4, 0.5) is 0 Å². The van der Waals surface area contributed by atoms with E-state index < -0.39 is 18.4 Å². The van der Waals surface area contributed by atoms with Crippen LogP contribution in [-0.4, -0.2) is 35.9 Å². The molecule has 0 spiro atoms. The minimum atomic E-state index is -1.29. The molecule has 17 heavy (non-hydrogen) atoms. The van der Waals surface area contributed by atoms with E-state index in [0.717, 1.165) is 0 Å². The van der Waals surface area contributed by atoms with Gasteiger partial charge in [-0.1, -0.05) is 0 Å². The van der Waals surface area contributed by atoms with Crippen LogP contribution in [0.2, 0.25) is 0 Å². The summed E-state index contributed by atoms with van der Waals surface area (Å²) in [6, 6.07) is 0. The van der Waals surface area contributed by atoms with Gasteiger partial charge in [0.15, 0.2) is 6.10 Å². The number of aromatic nitrogens is 1. The fraction of sp³-hybridized carbons (Fsp3) is 0.600. The van der Waals surface area contributed by atoms with Crippen molar-refractivity contribution in [2.75, 3.05) is 19.8 Å². The van der Waals surface area contributed by atoms with Gasteiger partial charge in [0.25, 0.3) is 0 Å². The lowest BCUT2D eigenvalue weighted by atomic mass is 10.3. The van der Waals surface area contributed by atoms with Crippen LogP contribution in [0.25, 0.3) is 0 Å². The number of aliphatic hydroxyl groups excluding tert-OH is 1. The number of ether oxygens (including phenoxy) is 3. The number of hydrogen-bond acceptors (Lipinski definition) is 7. The lowest BCUT2D eigenvalue weighted by Gasteiger charge is -2.06. The van der Waals surface area contributed by atoms with Gasteiger partial charge >= 0.3 is 5.97 Å². The fourth-order valence-corrected chi connectivity index (χ4v) is 2.27. The molecule has 7 heteroatoms. The first kappa shape index (κ1) is 12.4. The first-order valence-electron chi connectivity index (χ1n) is 5.26. The zero-order valence-electron chi connectivity index (χ0n) is 9.29. The Morgan fingerprint density at radius 3 is 3.06 bits per heavy atom. The minimum Gasteiger partial charge on any atom is -0.464 e. The van der Waals surface area contributed by atoms with Crippen molar-refractivity contribution < 1.29 is 24.1 Å². The zero-order chi connectivity index (χ0) is 12.3. The number of carbonyl (C=O) groups excluding carboxylic acids is 1. The highest BCUT2D eigenvalue weighted by atomic mass is 32.1. The van der Waals surface area contributed by atoms with Crippen LogP contribution in [0.3, 0.4) is 0 Å². The molecule has 0 radical (unpaired) electrons. The molecule has 0 amide bonds. The normalized spacial score (nSPS) is 18.2. The highest BCUT2D eigenvalue weighted by Crippen LogP contribution is 2.30. The Morgan fingerprint density at radius 2 is 2.41 bits per heavy atom. The van der Waals surface area contributed by atoms with E-state index in [2.05, 4.69) is 4.98 Å². The van der Waals surface area contributed by atoms with Crippen molar-refractivity contribution in [1.29, 1.82) is 0 Å². The average molecular weight is 259 g/mol. The van der Waals surface area contributed by atoms with Crippen molar-refractivity contribution in [3.63, 3.8) is 0 Å². The van der Waals surface area contributed by atoms with E-state index in [4.69, 9.17) is 14.2 Å². The molecule has 0 bridgehead atoms. The summed E-state index contributed by atoms with van der Waals surface area (Å²) in [5, 5.41) is 10.3. The lowest BCUT2D eigenvalue weighted by molar-refractivity contribution is -0.153. The largest absolute Gasteiger partial charge is 0.464 e. The van der Waals surface area contributed by atoms with Gasteiger partial charge in [-0.15, -0.1) is 11.3 Å². The summed E-state index contributed by atoms with van der Waals surface area (Å²) in [5.41, 5.74) is 0. The monoisotopic (exact) mass is 259 g/mol. The number of hydrogen-bond donors (Lipinski definition) is 1. The number of thiazole rings is 1. The van der Waals surface area contributed by atoms with Gasteiger partial charge in [0.05, 0.1) is 24.7 Å². The smallest absolute Gasteiger partial charge is 0.340 e. The maximum Gasteiger partial charge on any atom is 0.340 e. The molecule has 1 saturated heterocycles. The Balaban J connectivity index is 2.04. The number of aliphatic hydroxyl groups is 1. The van der Waals surface area contributed by atoms with E-state index in [1.807, 2.05) is 0 Å². The number of carbonyl (C=O) groups is 1. The molecule has 0 aromatic carbocycles. The molecule has 0 aliphatic carbocycles. The van der Waals surface area contributed by atoms with Gasteiger partial charge in [0.1, 0.15) is 5.01 Å². The van der Waals surface area contributed by atoms with Gasteiger partial charge in [0, 0.05) is 6.20 Å². The summed E-state index contributed by atoms with van der Waals surface area (Å²) >= 11 is 1.18. The quantitative estimate of drug-likeness (QED) is 0.805. The summed E-state index contributed by atoms with van der Waals surface area (Å²) in [7, 11) is 0. The third-order valence-corrected chi connectivity index (χ3v) is 3.22. The van der Waals surface area contributed by atoms with Gasteiger partial charge in [-0.05, 0) is 6.92 Å². The zero-order valence-corrected chi connectivity index (χ0v) is 10.1. The standard InChI is InChI=1S/C10H13NO5S/c1-2-14-9(13)7(12)6-5-11-8(17-6)10-15-3-4-16-10/h5,7,10,12H,2-4H2,1H3. The van der Waals surface area contributed by atoms with Crippen LogP contribution in [0.15, 0.2) is 6.20 Å². The van der Waals surface area contributed by atoms with Gasteiger partial charge in [-0.25, -0.2) is 9.78 Å². The third kappa shape index (κ3) is 2.81. The second-order valence-electron chi connectivity index (χ2n) is 3.33. The van der Waals surface area contributed by atoms with Crippen molar-refractivity contribution in [1.82, 2.24) is 4.98 Å². The Hall–Kier alpha value is -1.02. The van der Waals surface area contributed by atoms with E-state index in [-0.39, 0.29) is 6.61 Å². The summed E-state index contributed by atoms with van der Waals surface area (Å²) in [5.74, 6) is -0.670. The Kier molecular flexibility index (Phi) is 4.06. The highest BCUT2D eigenvalue weighted by molar-refractivity contribution is 7.11. The second-order valence-corrected chi connectivity index (χ2v) is 4.42. The third-order valence-electron chi connectivity index (χ3n) is 2.14. The van der Waals surface area contributed by atoms with E-state index in [9.17, 15) is 9.90 Å². The summed E-state index contributed by atoms with van der Waals surface area (Å²) in [4.78, 5) is 15.8. The van der Waals surface area contributed by atoms with Crippen molar-refractivity contribution in [3.8, 4) is 0 Å². The average Bonchev–Trinajstić information content (AvgIpc) is 2.98. The first-order valence-corrected chi connectivity index (χ1v) is 6.07. The summed E-state index contributed by atoms with van der Waals surface area (Å²) in [6.07, 6.45) is -0.335.